The molecular weight excluding hydrogens is 194 g/mol. The van der Waals surface area contributed by atoms with Gasteiger partial charge in [-0.05, 0) is 32.6 Å². The van der Waals surface area contributed by atoms with Gasteiger partial charge in [0.05, 0.1) is 6.04 Å². The van der Waals surface area contributed by atoms with Crippen LogP contribution in [-0.4, -0.2) is 41.8 Å². The lowest BCUT2D eigenvalue weighted by molar-refractivity contribution is -0.121. The van der Waals surface area contributed by atoms with Gasteiger partial charge in [0, 0.05) is 11.8 Å². The van der Waals surface area contributed by atoms with Crippen LogP contribution >= 0.6 is 11.8 Å². The summed E-state index contributed by atoms with van der Waals surface area (Å²) in [7, 11) is 2.10. The molecule has 1 fully saturated rings. The zero-order valence-electron chi connectivity index (χ0n) is 9.62. The molecule has 0 aromatic rings. The van der Waals surface area contributed by atoms with E-state index in [4.69, 9.17) is 0 Å². The second-order valence-electron chi connectivity index (χ2n) is 4.22. The van der Waals surface area contributed by atoms with Crippen LogP contribution < -0.4 is 0 Å². The average molecular weight is 215 g/mol. The molecule has 3 unspecified atom stereocenters. The molecule has 14 heavy (non-hydrogen) atoms. The number of carbonyl (C=O) groups is 1. The maximum absolute atomic E-state index is 11.4. The van der Waals surface area contributed by atoms with Gasteiger partial charge in [-0.2, -0.15) is 11.8 Å². The number of Topliss-reactive ketones (excluding diaryl/α,β-unsaturated/α-hetero) is 1. The average Bonchev–Trinajstić information content (AvgIpc) is 2.45. The molecule has 0 aromatic carbocycles. The van der Waals surface area contributed by atoms with Gasteiger partial charge in [-0.1, -0.05) is 13.3 Å². The predicted molar refractivity (Wildman–Crippen MR) is 62.8 cm³/mol. The number of hydrogen-bond acceptors (Lipinski definition) is 3. The third-order valence-electron chi connectivity index (χ3n) is 3.42. The molecule has 0 amide bonds. The van der Waals surface area contributed by atoms with E-state index in [1.165, 1.54) is 6.42 Å². The van der Waals surface area contributed by atoms with Crippen LogP contribution in [0.2, 0.25) is 0 Å². The number of hydrogen-bond donors (Lipinski definition) is 0. The molecule has 0 bridgehead atoms. The Labute approximate surface area is 91.4 Å². The highest BCUT2D eigenvalue weighted by atomic mass is 32.2. The van der Waals surface area contributed by atoms with E-state index in [0.717, 1.165) is 12.2 Å². The molecular formula is C11H21NOS. The van der Waals surface area contributed by atoms with Crippen LogP contribution in [0.5, 0.6) is 0 Å². The van der Waals surface area contributed by atoms with Crippen molar-refractivity contribution in [3.8, 4) is 0 Å². The van der Waals surface area contributed by atoms with Crippen molar-refractivity contribution in [2.45, 2.75) is 38.8 Å². The van der Waals surface area contributed by atoms with Gasteiger partial charge in [0.15, 0.2) is 0 Å². The van der Waals surface area contributed by atoms with Crippen LogP contribution in [0.3, 0.4) is 0 Å². The Hall–Kier alpha value is -0.0200. The highest BCUT2D eigenvalue weighted by Gasteiger charge is 2.39. The lowest BCUT2D eigenvalue weighted by atomic mass is 9.96. The molecule has 1 heterocycles. The number of nitrogens with zero attached hydrogens (tertiary/aromatic N) is 1. The van der Waals surface area contributed by atoms with Gasteiger partial charge in [0.2, 0.25) is 0 Å². The van der Waals surface area contributed by atoms with Gasteiger partial charge in [0.25, 0.3) is 0 Å². The van der Waals surface area contributed by atoms with Crippen molar-refractivity contribution in [1.82, 2.24) is 4.90 Å². The van der Waals surface area contributed by atoms with E-state index in [-0.39, 0.29) is 6.04 Å². The smallest absolute Gasteiger partial charge is 0.146 e. The Morgan fingerprint density at radius 2 is 2.21 bits per heavy atom. The molecule has 0 spiro atoms. The monoisotopic (exact) mass is 215 g/mol. The standard InChI is InChI=1S/C11H21NOS/c1-5-9-6-10(8(2)13)12(3)11(9)7-14-4/h9-11H,5-7H2,1-4H3. The minimum atomic E-state index is 0.178. The van der Waals surface area contributed by atoms with Crippen molar-refractivity contribution in [3.63, 3.8) is 0 Å². The first-order valence-corrected chi connectivity index (χ1v) is 6.72. The Kier molecular flexibility index (Phi) is 4.45. The molecule has 2 nitrogen and oxygen atoms in total. The maximum Gasteiger partial charge on any atom is 0.146 e. The van der Waals surface area contributed by atoms with E-state index >= 15 is 0 Å². The molecule has 1 rings (SSSR count). The Morgan fingerprint density at radius 1 is 1.57 bits per heavy atom. The van der Waals surface area contributed by atoms with Gasteiger partial charge in [-0.15, -0.1) is 0 Å². The summed E-state index contributed by atoms with van der Waals surface area (Å²) in [6, 6.07) is 0.779. The highest BCUT2D eigenvalue weighted by Crippen LogP contribution is 2.32. The molecule has 1 aliphatic rings. The molecule has 1 aliphatic heterocycles. The fourth-order valence-electron chi connectivity index (χ4n) is 2.49. The number of rotatable bonds is 4. The van der Waals surface area contributed by atoms with Gasteiger partial charge in [0.1, 0.15) is 5.78 Å². The van der Waals surface area contributed by atoms with Crippen molar-refractivity contribution in [2.75, 3.05) is 19.1 Å². The fraction of sp³-hybridized carbons (Fsp3) is 0.909. The normalized spacial score (nSPS) is 33.6. The van der Waals surface area contributed by atoms with E-state index in [2.05, 4.69) is 25.1 Å². The van der Waals surface area contributed by atoms with E-state index in [1.54, 1.807) is 6.92 Å². The molecule has 0 N–H and O–H groups in total. The molecule has 0 radical (unpaired) electrons. The Balaban J connectivity index is 2.68. The SMILES string of the molecule is CCC1CC(C(C)=O)N(C)C1CSC. The predicted octanol–water partition coefficient (Wildman–Crippen LogP) is 2.04. The van der Waals surface area contributed by atoms with Crippen molar-refractivity contribution in [2.24, 2.45) is 5.92 Å². The first kappa shape index (κ1) is 12.1. The summed E-state index contributed by atoms with van der Waals surface area (Å²) in [6.07, 6.45) is 4.40. The summed E-state index contributed by atoms with van der Waals surface area (Å²) >= 11 is 1.88. The van der Waals surface area contributed by atoms with Crippen molar-refractivity contribution < 1.29 is 4.79 Å². The first-order valence-electron chi connectivity index (χ1n) is 5.33. The number of likely N-dealkylation sites (N-methyl/N-ethyl adjacent to an activating group) is 1. The fourth-order valence-corrected chi connectivity index (χ4v) is 3.34. The number of likely N-dealkylation sites (tertiary alicyclic amines) is 1. The molecule has 0 saturated carbocycles. The molecule has 1 saturated heterocycles. The summed E-state index contributed by atoms with van der Waals surface area (Å²) in [5.41, 5.74) is 0. The zero-order chi connectivity index (χ0) is 10.7. The number of ketones is 1. The van der Waals surface area contributed by atoms with Crippen LogP contribution in [0.15, 0.2) is 0 Å². The maximum atomic E-state index is 11.4. The summed E-state index contributed by atoms with van der Waals surface area (Å²) in [6.45, 7) is 3.95. The molecule has 3 heteroatoms. The van der Waals surface area contributed by atoms with Gasteiger partial charge < -0.3 is 0 Å². The van der Waals surface area contributed by atoms with Crippen LogP contribution in [0.1, 0.15) is 26.7 Å². The molecule has 82 valence electrons. The minimum Gasteiger partial charge on any atom is -0.298 e. The molecule has 0 aliphatic carbocycles. The summed E-state index contributed by atoms with van der Waals surface area (Å²) < 4.78 is 0. The lowest BCUT2D eigenvalue weighted by Gasteiger charge is -2.25. The highest BCUT2D eigenvalue weighted by molar-refractivity contribution is 7.98. The van der Waals surface area contributed by atoms with Crippen molar-refractivity contribution in [3.05, 3.63) is 0 Å². The molecule has 0 aromatic heterocycles. The van der Waals surface area contributed by atoms with Crippen molar-refractivity contribution in [1.29, 1.82) is 0 Å². The van der Waals surface area contributed by atoms with E-state index < -0.39 is 0 Å². The Morgan fingerprint density at radius 3 is 2.64 bits per heavy atom. The lowest BCUT2D eigenvalue weighted by Crippen LogP contribution is -2.38. The zero-order valence-corrected chi connectivity index (χ0v) is 10.4. The number of thioether (sulfide) groups is 1. The van der Waals surface area contributed by atoms with Crippen LogP contribution in [0.25, 0.3) is 0 Å². The first-order chi connectivity index (χ1) is 6.61. The van der Waals surface area contributed by atoms with Crippen LogP contribution in [-0.2, 0) is 4.79 Å². The van der Waals surface area contributed by atoms with E-state index in [0.29, 0.717) is 17.7 Å². The minimum absolute atomic E-state index is 0.178. The largest absolute Gasteiger partial charge is 0.298 e. The number of carbonyl (C=O) groups excluding carboxylic acids is 1. The summed E-state index contributed by atoms with van der Waals surface area (Å²) in [5, 5.41) is 0. The van der Waals surface area contributed by atoms with Gasteiger partial charge >= 0.3 is 0 Å². The van der Waals surface area contributed by atoms with E-state index in [9.17, 15) is 4.79 Å². The van der Waals surface area contributed by atoms with E-state index in [1.807, 2.05) is 11.8 Å². The third-order valence-corrected chi connectivity index (χ3v) is 4.09. The topological polar surface area (TPSA) is 20.3 Å². The third kappa shape index (κ3) is 2.31. The Bertz CT molecular complexity index is 207. The quantitative estimate of drug-likeness (QED) is 0.716. The summed E-state index contributed by atoms with van der Waals surface area (Å²) in [4.78, 5) is 13.7. The molecule has 3 atom stereocenters. The van der Waals surface area contributed by atoms with Crippen LogP contribution in [0, 0.1) is 5.92 Å². The second-order valence-corrected chi connectivity index (χ2v) is 5.13. The van der Waals surface area contributed by atoms with Gasteiger partial charge in [-0.25, -0.2) is 0 Å². The van der Waals surface area contributed by atoms with Crippen LogP contribution in [0.4, 0.5) is 0 Å². The van der Waals surface area contributed by atoms with Gasteiger partial charge in [-0.3, -0.25) is 9.69 Å². The van der Waals surface area contributed by atoms with Crippen molar-refractivity contribution >= 4 is 17.5 Å². The second kappa shape index (κ2) is 5.17. The summed E-state index contributed by atoms with van der Waals surface area (Å²) in [5.74, 6) is 2.19.